The molecule has 1 aromatic rings. The zero-order valence-corrected chi connectivity index (χ0v) is 8.79. The number of pyridine rings is 1. The maximum absolute atomic E-state index is 12.1. The molecule has 1 atom stereocenters. The summed E-state index contributed by atoms with van der Waals surface area (Å²) < 4.78 is 41.1. The third kappa shape index (κ3) is 3.79. The monoisotopic (exact) mass is 234 g/mol. The molecule has 0 aromatic carbocycles. The van der Waals surface area contributed by atoms with Crippen LogP contribution in [0, 0.1) is 0 Å². The van der Waals surface area contributed by atoms with Crippen molar-refractivity contribution in [1.82, 2.24) is 4.98 Å². The quantitative estimate of drug-likeness (QED) is 0.866. The third-order valence-corrected chi connectivity index (χ3v) is 2.05. The summed E-state index contributed by atoms with van der Waals surface area (Å²) in [5.41, 5.74) is 6.62. The number of halogens is 3. The molecule has 0 radical (unpaired) electrons. The standard InChI is InChI=1S/C10H13F3N2O/c1-7(10(11,12)13)16-6-8-2-3-15-9(4-8)5-14/h2-4,7H,5-6,14H2,1H3. The van der Waals surface area contributed by atoms with Gasteiger partial charge in [-0.15, -0.1) is 0 Å². The molecule has 90 valence electrons. The van der Waals surface area contributed by atoms with Crippen LogP contribution in [0.25, 0.3) is 0 Å². The van der Waals surface area contributed by atoms with Crippen molar-refractivity contribution in [3.63, 3.8) is 0 Å². The summed E-state index contributed by atoms with van der Waals surface area (Å²) in [6.45, 7) is 1.13. The molecule has 0 saturated carbocycles. The Morgan fingerprint density at radius 1 is 1.50 bits per heavy atom. The number of hydrogen-bond donors (Lipinski definition) is 1. The van der Waals surface area contributed by atoms with Crippen LogP contribution in [0.4, 0.5) is 13.2 Å². The summed E-state index contributed by atoms with van der Waals surface area (Å²) in [5.74, 6) is 0. The van der Waals surface area contributed by atoms with E-state index in [1.807, 2.05) is 0 Å². The number of nitrogens with two attached hydrogens (primary N) is 1. The first-order valence-corrected chi connectivity index (χ1v) is 4.75. The number of alkyl halides is 3. The second kappa shape index (κ2) is 5.27. The predicted octanol–water partition coefficient (Wildman–Crippen LogP) is 2.01. The average molecular weight is 234 g/mol. The van der Waals surface area contributed by atoms with Crippen molar-refractivity contribution in [2.45, 2.75) is 32.4 Å². The first kappa shape index (κ1) is 12.9. The molecular formula is C10H13F3N2O. The number of ether oxygens (including phenoxy) is 1. The molecule has 2 N–H and O–H groups in total. The van der Waals surface area contributed by atoms with Crippen molar-refractivity contribution < 1.29 is 17.9 Å². The molecule has 0 bridgehead atoms. The van der Waals surface area contributed by atoms with E-state index in [1.165, 1.54) is 6.20 Å². The minimum absolute atomic E-state index is 0.101. The van der Waals surface area contributed by atoms with Crippen LogP contribution in [0.2, 0.25) is 0 Å². The van der Waals surface area contributed by atoms with Crippen LogP contribution in [0.1, 0.15) is 18.2 Å². The lowest BCUT2D eigenvalue weighted by Crippen LogP contribution is -2.28. The van der Waals surface area contributed by atoms with E-state index in [0.717, 1.165) is 6.92 Å². The molecule has 0 aliphatic rings. The SMILES string of the molecule is CC(OCc1ccnc(CN)c1)C(F)(F)F. The minimum atomic E-state index is -4.33. The minimum Gasteiger partial charge on any atom is -0.364 e. The Labute approximate surface area is 91.4 Å². The lowest BCUT2D eigenvalue weighted by Gasteiger charge is -2.16. The van der Waals surface area contributed by atoms with Gasteiger partial charge < -0.3 is 10.5 Å². The molecule has 0 saturated heterocycles. The van der Waals surface area contributed by atoms with Crippen LogP contribution in [-0.2, 0) is 17.9 Å². The molecule has 6 heteroatoms. The fraction of sp³-hybridized carbons (Fsp3) is 0.500. The van der Waals surface area contributed by atoms with E-state index in [0.29, 0.717) is 11.3 Å². The first-order chi connectivity index (χ1) is 7.43. The molecule has 1 heterocycles. The van der Waals surface area contributed by atoms with Gasteiger partial charge in [-0.1, -0.05) is 0 Å². The highest BCUT2D eigenvalue weighted by Crippen LogP contribution is 2.23. The highest BCUT2D eigenvalue weighted by Gasteiger charge is 2.36. The van der Waals surface area contributed by atoms with E-state index in [4.69, 9.17) is 10.5 Å². The van der Waals surface area contributed by atoms with Crippen LogP contribution >= 0.6 is 0 Å². The van der Waals surface area contributed by atoms with Crippen molar-refractivity contribution in [3.8, 4) is 0 Å². The summed E-state index contributed by atoms with van der Waals surface area (Å²) in [6, 6.07) is 3.23. The maximum atomic E-state index is 12.1. The van der Waals surface area contributed by atoms with Gasteiger partial charge in [0, 0.05) is 12.7 Å². The second-order valence-electron chi connectivity index (χ2n) is 3.35. The Kier molecular flexibility index (Phi) is 4.26. The maximum Gasteiger partial charge on any atom is 0.414 e. The first-order valence-electron chi connectivity index (χ1n) is 4.75. The van der Waals surface area contributed by atoms with Crippen molar-refractivity contribution in [3.05, 3.63) is 29.6 Å². The van der Waals surface area contributed by atoms with Crippen LogP contribution in [0.15, 0.2) is 18.3 Å². The normalized spacial score (nSPS) is 13.8. The van der Waals surface area contributed by atoms with E-state index >= 15 is 0 Å². The van der Waals surface area contributed by atoms with Crippen LogP contribution in [0.3, 0.4) is 0 Å². The summed E-state index contributed by atoms with van der Waals surface area (Å²) in [4.78, 5) is 3.93. The molecule has 3 nitrogen and oxygen atoms in total. The van der Waals surface area contributed by atoms with Crippen molar-refractivity contribution >= 4 is 0 Å². The van der Waals surface area contributed by atoms with Crippen molar-refractivity contribution in [2.75, 3.05) is 0 Å². The van der Waals surface area contributed by atoms with Crippen LogP contribution < -0.4 is 5.73 Å². The highest BCUT2D eigenvalue weighted by atomic mass is 19.4. The zero-order chi connectivity index (χ0) is 12.2. The van der Waals surface area contributed by atoms with Gasteiger partial charge >= 0.3 is 6.18 Å². The van der Waals surface area contributed by atoms with Gasteiger partial charge in [-0.25, -0.2) is 0 Å². The lowest BCUT2D eigenvalue weighted by atomic mass is 10.2. The van der Waals surface area contributed by atoms with E-state index in [9.17, 15) is 13.2 Å². The Morgan fingerprint density at radius 2 is 2.19 bits per heavy atom. The molecule has 16 heavy (non-hydrogen) atoms. The third-order valence-electron chi connectivity index (χ3n) is 2.05. The Morgan fingerprint density at radius 3 is 2.75 bits per heavy atom. The Balaban J connectivity index is 2.54. The van der Waals surface area contributed by atoms with E-state index in [2.05, 4.69) is 4.98 Å². The largest absolute Gasteiger partial charge is 0.414 e. The molecule has 0 spiro atoms. The number of rotatable bonds is 4. The molecule has 0 fully saturated rings. The topological polar surface area (TPSA) is 48.1 Å². The summed E-state index contributed by atoms with van der Waals surface area (Å²) >= 11 is 0. The molecule has 0 aliphatic heterocycles. The molecule has 0 aliphatic carbocycles. The number of nitrogens with zero attached hydrogens (tertiary/aromatic N) is 1. The second-order valence-corrected chi connectivity index (χ2v) is 3.35. The van der Waals surface area contributed by atoms with Gasteiger partial charge in [0.2, 0.25) is 0 Å². The highest BCUT2D eigenvalue weighted by molar-refractivity contribution is 5.15. The van der Waals surface area contributed by atoms with Gasteiger partial charge in [0.05, 0.1) is 12.3 Å². The molecule has 0 amide bonds. The van der Waals surface area contributed by atoms with E-state index in [1.54, 1.807) is 12.1 Å². The van der Waals surface area contributed by atoms with Gasteiger partial charge in [-0.05, 0) is 24.6 Å². The van der Waals surface area contributed by atoms with Gasteiger partial charge in [-0.3, -0.25) is 4.98 Å². The van der Waals surface area contributed by atoms with Crippen LogP contribution in [-0.4, -0.2) is 17.3 Å². The van der Waals surface area contributed by atoms with Crippen molar-refractivity contribution in [1.29, 1.82) is 0 Å². The molecule has 1 aromatic heterocycles. The summed E-state index contributed by atoms with van der Waals surface area (Å²) in [7, 11) is 0. The molecule has 1 rings (SSSR count). The predicted molar refractivity (Wildman–Crippen MR) is 52.4 cm³/mol. The molecule has 1 unspecified atom stereocenters. The van der Waals surface area contributed by atoms with Gasteiger partial charge in [-0.2, -0.15) is 13.2 Å². The van der Waals surface area contributed by atoms with E-state index in [-0.39, 0.29) is 13.2 Å². The fourth-order valence-electron chi connectivity index (χ4n) is 1.05. The Hall–Kier alpha value is -1.14. The Bertz CT molecular complexity index is 341. The zero-order valence-electron chi connectivity index (χ0n) is 8.79. The van der Waals surface area contributed by atoms with Gasteiger partial charge in [0.25, 0.3) is 0 Å². The van der Waals surface area contributed by atoms with Gasteiger partial charge in [0.1, 0.15) is 0 Å². The van der Waals surface area contributed by atoms with E-state index < -0.39 is 12.3 Å². The number of aromatic nitrogens is 1. The lowest BCUT2D eigenvalue weighted by molar-refractivity contribution is -0.217. The average Bonchev–Trinajstić information content (AvgIpc) is 2.25. The number of hydrogen-bond acceptors (Lipinski definition) is 3. The van der Waals surface area contributed by atoms with Crippen molar-refractivity contribution in [2.24, 2.45) is 5.73 Å². The fourth-order valence-corrected chi connectivity index (χ4v) is 1.05. The summed E-state index contributed by atoms with van der Waals surface area (Å²) in [5, 5.41) is 0. The molecular weight excluding hydrogens is 221 g/mol. The van der Waals surface area contributed by atoms with Crippen LogP contribution in [0.5, 0.6) is 0 Å². The summed E-state index contributed by atoms with van der Waals surface area (Å²) in [6.07, 6.45) is -4.61. The van der Waals surface area contributed by atoms with Gasteiger partial charge in [0.15, 0.2) is 6.10 Å². The smallest absolute Gasteiger partial charge is 0.364 e.